The number of nitrogens with zero attached hydrogens (tertiary/aromatic N) is 1. The van der Waals surface area contributed by atoms with Crippen molar-refractivity contribution < 1.29 is 5.11 Å². The van der Waals surface area contributed by atoms with Crippen molar-refractivity contribution in [1.29, 1.82) is 0 Å². The van der Waals surface area contributed by atoms with Gasteiger partial charge in [0.2, 0.25) is 0 Å². The zero-order valence-electron chi connectivity index (χ0n) is 9.89. The Labute approximate surface area is 104 Å². The average molecular weight is 242 g/mol. The van der Waals surface area contributed by atoms with E-state index in [4.69, 9.17) is 0 Å². The van der Waals surface area contributed by atoms with Crippen molar-refractivity contribution in [3.63, 3.8) is 0 Å². The molecule has 0 bridgehead atoms. The molecule has 0 spiro atoms. The fourth-order valence-electron chi connectivity index (χ4n) is 2.81. The van der Waals surface area contributed by atoms with Gasteiger partial charge in [0.15, 0.2) is 0 Å². The van der Waals surface area contributed by atoms with Crippen molar-refractivity contribution in [3.8, 4) is 0 Å². The highest BCUT2D eigenvalue weighted by atomic mass is 35.5. The van der Waals surface area contributed by atoms with Gasteiger partial charge in [-0.3, -0.25) is 4.90 Å². The smallest absolute Gasteiger partial charge is 0.0765 e. The maximum Gasteiger partial charge on any atom is 0.0765 e. The maximum atomic E-state index is 10.2. The summed E-state index contributed by atoms with van der Waals surface area (Å²) in [4.78, 5) is 2.17. The minimum absolute atomic E-state index is 0. The second-order valence-corrected chi connectivity index (χ2v) is 4.59. The summed E-state index contributed by atoms with van der Waals surface area (Å²) in [6.07, 6.45) is 2.82. The number of likely N-dealkylation sites (N-methyl/N-ethyl adjacent to an activating group) is 1. The van der Waals surface area contributed by atoms with Crippen LogP contribution in [0.4, 0.5) is 0 Å². The Morgan fingerprint density at radius 2 is 1.88 bits per heavy atom. The van der Waals surface area contributed by atoms with E-state index >= 15 is 0 Å². The Hall–Kier alpha value is -0.570. The first-order chi connectivity index (χ1) is 7.18. The average Bonchev–Trinajstić information content (AvgIpc) is 2.62. The molecule has 2 atom stereocenters. The molecule has 3 heteroatoms. The largest absolute Gasteiger partial charge is 0.391 e. The summed E-state index contributed by atoms with van der Waals surface area (Å²) in [6.45, 7) is 0. The molecular formula is C13H20ClNO. The highest BCUT2D eigenvalue weighted by Gasteiger charge is 2.45. The fourth-order valence-corrected chi connectivity index (χ4v) is 2.81. The van der Waals surface area contributed by atoms with E-state index in [0.717, 1.165) is 19.3 Å². The van der Waals surface area contributed by atoms with Crippen LogP contribution in [0, 0.1) is 0 Å². The van der Waals surface area contributed by atoms with Gasteiger partial charge in [-0.05, 0) is 38.9 Å². The third kappa shape index (κ3) is 1.97. The summed E-state index contributed by atoms with van der Waals surface area (Å²) < 4.78 is 0. The Morgan fingerprint density at radius 1 is 1.25 bits per heavy atom. The number of hydrogen-bond acceptors (Lipinski definition) is 2. The number of rotatable bonds is 2. The van der Waals surface area contributed by atoms with Crippen LogP contribution in [0.25, 0.3) is 0 Å². The second kappa shape index (κ2) is 5.17. The van der Waals surface area contributed by atoms with Crippen LogP contribution in [0.2, 0.25) is 0 Å². The molecule has 1 aliphatic carbocycles. The summed E-state index contributed by atoms with van der Waals surface area (Å²) in [5.41, 5.74) is 1.07. The van der Waals surface area contributed by atoms with E-state index in [1.165, 1.54) is 5.56 Å². The van der Waals surface area contributed by atoms with Crippen molar-refractivity contribution in [2.24, 2.45) is 0 Å². The number of aliphatic hydroxyl groups excluding tert-OH is 1. The predicted molar refractivity (Wildman–Crippen MR) is 68.9 cm³/mol. The van der Waals surface area contributed by atoms with Gasteiger partial charge in [-0.25, -0.2) is 0 Å². The number of halogens is 1. The standard InChI is InChI=1S/C13H19NO.ClH/c1-14(2)13(10-6-9-12(13)15)11-7-4-3-5-8-11;/h3-5,7-8,12,15H,6,9-10H2,1-2H3;1H/t12?,13-;/m1./s1. The first-order valence-corrected chi connectivity index (χ1v) is 5.59. The first kappa shape index (κ1) is 13.5. The van der Waals surface area contributed by atoms with Crippen LogP contribution in [-0.4, -0.2) is 30.2 Å². The highest BCUT2D eigenvalue weighted by Crippen LogP contribution is 2.42. The SMILES string of the molecule is CN(C)[C@@]1(c2ccccc2)CCCC1O.Cl. The molecule has 2 nitrogen and oxygen atoms in total. The normalized spacial score (nSPS) is 29.1. The van der Waals surface area contributed by atoms with Crippen LogP contribution in [0.15, 0.2) is 30.3 Å². The molecule has 0 heterocycles. The van der Waals surface area contributed by atoms with E-state index in [2.05, 4.69) is 31.1 Å². The van der Waals surface area contributed by atoms with Gasteiger partial charge in [0.1, 0.15) is 0 Å². The van der Waals surface area contributed by atoms with Crippen LogP contribution in [0.3, 0.4) is 0 Å². The molecule has 1 aromatic rings. The Morgan fingerprint density at radius 3 is 2.31 bits per heavy atom. The lowest BCUT2D eigenvalue weighted by atomic mass is 9.85. The summed E-state index contributed by atoms with van der Waals surface area (Å²) in [7, 11) is 4.11. The van der Waals surface area contributed by atoms with E-state index in [-0.39, 0.29) is 24.0 Å². The molecule has 1 fully saturated rings. The minimum atomic E-state index is -0.241. The van der Waals surface area contributed by atoms with Gasteiger partial charge >= 0.3 is 0 Å². The molecule has 1 unspecified atom stereocenters. The van der Waals surface area contributed by atoms with Crippen molar-refractivity contribution in [1.82, 2.24) is 4.90 Å². The summed E-state index contributed by atoms with van der Waals surface area (Å²) in [5.74, 6) is 0. The van der Waals surface area contributed by atoms with Gasteiger partial charge in [0, 0.05) is 0 Å². The maximum absolute atomic E-state index is 10.2. The topological polar surface area (TPSA) is 23.5 Å². The van der Waals surface area contributed by atoms with Crippen LogP contribution >= 0.6 is 12.4 Å². The van der Waals surface area contributed by atoms with Crippen LogP contribution in [-0.2, 0) is 5.54 Å². The molecule has 1 aromatic carbocycles. The molecule has 1 N–H and O–H groups in total. The Kier molecular flexibility index (Phi) is 4.36. The highest BCUT2D eigenvalue weighted by molar-refractivity contribution is 5.85. The summed E-state index contributed by atoms with van der Waals surface area (Å²) in [6, 6.07) is 10.4. The van der Waals surface area contributed by atoms with Gasteiger partial charge in [-0.2, -0.15) is 0 Å². The zero-order valence-corrected chi connectivity index (χ0v) is 10.7. The Bertz CT molecular complexity index is 328. The third-order valence-electron chi connectivity index (χ3n) is 3.66. The van der Waals surface area contributed by atoms with E-state index in [9.17, 15) is 5.11 Å². The fraction of sp³-hybridized carbons (Fsp3) is 0.538. The molecule has 0 aliphatic heterocycles. The lowest BCUT2D eigenvalue weighted by Gasteiger charge is -2.39. The molecule has 16 heavy (non-hydrogen) atoms. The Balaban J connectivity index is 0.00000128. The van der Waals surface area contributed by atoms with E-state index in [1.54, 1.807) is 0 Å². The van der Waals surface area contributed by atoms with E-state index in [0.29, 0.717) is 0 Å². The molecular weight excluding hydrogens is 222 g/mol. The van der Waals surface area contributed by atoms with Gasteiger partial charge in [0.25, 0.3) is 0 Å². The molecule has 0 amide bonds. The van der Waals surface area contributed by atoms with E-state index in [1.807, 2.05) is 18.2 Å². The molecule has 0 saturated heterocycles. The lowest BCUT2D eigenvalue weighted by molar-refractivity contribution is 0.0139. The van der Waals surface area contributed by atoms with E-state index < -0.39 is 0 Å². The summed E-state index contributed by atoms with van der Waals surface area (Å²) >= 11 is 0. The predicted octanol–water partition coefficient (Wildman–Crippen LogP) is 2.41. The number of hydrogen-bond donors (Lipinski definition) is 1. The quantitative estimate of drug-likeness (QED) is 0.860. The molecule has 0 radical (unpaired) electrons. The first-order valence-electron chi connectivity index (χ1n) is 5.59. The van der Waals surface area contributed by atoms with Crippen LogP contribution in [0.5, 0.6) is 0 Å². The lowest BCUT2D eigenvalue weighted by Crippen LogP contribution is -2.47. The molecule has 1 aliphatic rings. The van der Waals surface area contributed by atoms with Crippen molar-refractivity contribution in [2.75, 3.05) is 14.1 Å². The van der Waals surface area contributed by atoms with Gasteiger partial charge in [-0.15, -0.1) is 12.4 Å². The van der Waals surface area contributed by atoms with Crippen LogP contribution in [0.1, 0.15) is 24.8 Å². The third-order valence-corrected chi connectivity index (χ3v) is 3.66. The van der Waals surface area contributed by atoms with Gasteiger partial charge < -0.3 is 5.11 Å². The van der Waals surface area contributed by atoms with Gasteiger partial charge in [-0.1, -0.05) is 30.3 Å². The van der Waals surface area contributed by atoms with Crippen molar-refractivity contribution in [3.05, 3.63) is 35.9 Å². The molecule has 0 aromatic heterocycles. The van der Waals surface area contributed by atoms with Crippen molar-refractivity contribution in [2.45, 2.75) is 30.9 Å². The molecule has 1 saturated carbocycles. The summed E-state index contributed by atoms with van der Waals surface area (Å²) in [5, 5.41) is 10.2. The molecule has 90 valence electrons. The number of benzene rings is 1. The van der Waals surface area contributed by atoms with Crippen LogP contribution < -0.4 is 0 Å². The minimum Gasteiger partial charge on any atom is -0.391 e. The monoisotopic (exact) mass is 241 g/mol. The van der Waals surface area contributed by atoms with Crippen molar-refractivity contribution >= 4 is 12.4 Å². The zero-order chi connectivity index (χ0) is 10.9. The number of aliphatic hydroxyl groups is 1. The second-order valence-electron chi connectivity index (χ2n) is 4.59. The van der Waals surface area contributed by atoms with Gasteiger partial charge in [0.05, 0.1) is 11.6 Å². The molecule has 2 rings (SSSR count).